The van der Waals surface area contributed by atoms with Crippen molar-refractivity contribution >= 4 is 28.9 Å². The van der Waals surface area contributed by atoms with Crippen LogP contribution in [0, 0.1) is 11.8 Å². The fourth-order valence-corrected chi connectivity index (χ4v) is 6.21. The van der Waals surface area contributed by atoms with Crippen molar-refractivity contribution in [3.8, 4) is 22.8 Å². The highest BCUT2D eigenvalue weighted by molar-refractivity contribution is 5.93. The Morgan fingerprint density at radius 1 is 1.15 bits per heavy atom. The molecule has 1 saturated carbocycles. The van der Waals surface area contributed by atoms with E-state index in [0.29, 0.717) is 36.5 Å². The Morgan fingerprint density at radius 2 is 1.88 bits per heavy atom. The molecule has 2 heterocycles. The van der Waals surface area contributed by atoms with Crippen molar-refractivity contribution in [3.05, 3.63) is 67.3 Å². The predicted molar refractivity (Wildman–Crippen MR) is 183 cm³/mol. The smallest absolute Gasteiger partial charge is 0.407 e. The van der Waals surface area contributed by atoms with E-state index in [1.807, 2.05) is 73.3 Å². The van der Waals surface area contributed by atoms with Crippen LogP contribution < -0.4 is 20.1 Å². The molecule has 0 spiro atoms. The van der Waals surface area contributed by atoms with Crippen LogP contribution in [-0.4, -0.2) is 82.5 Å². The summed E-state index contributed by atoms with van der Waals surface area (Å²) in [4.78, 5) is 45.8. The maximum Gasteiger partial charge on any atom is 0.407 e. The second kappa shape index (κ2) is 13.8. The van der Waals surface area contributed by atoms with Crippen molar-refractivity contribution in [2.45, 2.75) is 76.8 Å². The Kier molecular flexibility index (Phi) is 10.0. The van der Waals surface area contributed by atoms with Crippen LogP contribution in [0.25, 0.3) is 22.2 Å². The van der Waals surface area contributed by atoms with Crippen LogP contribution in [0.15, 0.2) is 67.3 Å². The van der Waals surface area contributed by atoms with Gasteiger partial charge in [0.2, 0.25) is 5.91 Å². The number of benzene rings is 2. The summed E-state index contributed by atoms with van der Waals surface area (Å²) in [5.41, 5.74) is 0.299. The van der Waals surface area contributed by atoms with Gasteiger partial charge in [0.15, 0.2) is 0 Å². The molecule has 3 N–H and O–H groups in total. The number of nitrogens with zero attached hydrogens (tertiary/aromatic N) is 2. The topological polar surface area (TPSA) is 139 Å². The molecular weight excluding hydrogens is 612 g/mol. The van der Waals surface area contributed by atoms with Crippen molar-refractivity contribution in [2.24, 2.45) is 11.8 Å². The average Bonchev–Trinajstić information content (AvgIpc) is 3.62. The highest BCUT2D eigenvalue weighted by Crippen LogP contribution is 2.45. The van der Waals surface area contributed by atoms with Gasteiger partial charge in [-0.15, -0.1) is 6.58 Å². The number of amides is 2. The summed E-state index contributed by atoms with van der Waals surface area (Å²) in [6.45, 7) is 13.8. The molecule has 11 heteroatoms. The second-order valence-corrected chi connectivity index (χ2v) is 14.0. The van der Waals surface area contributed by atoms with Crippen LogP contribution in [0.4, 0.5) is 4.79 Å². The van der Waals surface area contributed by atoms with E-state index in [9.17, 15) is 19.5 Å². The van der Waals surface area contributed by atoms with E-state index in [0.717, 1.165) is 16.6 Å². The van der Waals surface area contributed by atoms with Gasteiger partial charge in [0.05, 0.1) is 24.4 Å². The molecule has 1 aliphatic heterocycles. The maximum absolute atomic E-state index is 13.9. The van der Waals surface area contributed by atoms with Crippen LogP contribution in [0.3, 0.4) is 0 Å². The first kappa shape index (κ1) is 34.7. The number of aromatic nitrogens is 1. The minimum Gasteiger partial charge on any atom is -0.497 e. The minimum absolute atomic E-state index is 0.00712. The third-order valence-corrected chi connectivity index (χ3v) is 8.98. The standard InChI is InChI=1S/C37H46N4O7/c1-8-24-19-37(24,34(43)44)40-33(42)31-17-26(20-41(31)21-30(22(2)3)39-35(45)48-36(4,5)6)47-32-18-28(23-12-10-9-11-13-23)38-29-16-25(46-7)14-15-27(29)32/h8-16,18,22,24,26,30-31H,1,17,19-21H2,2-7H3,(H,39,45)(H,40,42)(H,43,44)/t24?,26-,30-,31+,37?/m1/s1. The largest absolute Gasteiger partial charge is 0.497 e. The van der Waals surface area contributed by atoms with Crippen molar-refractivity contribution in [1.82, 2.24) is 20.5 Å². The normalized spacial score (nSPS) is 22.9. The molecule has 48 heavy (non-hydrogen) atoms. The molecule has 1 saturated heterocycles. The molecular formula is C37H46N4O7. The zero-order valence-corrected chi connectivity index (χ0v) is 28.5. The molecule has 2 aromatic carbocycles. The lowest BCUT2D eigenvalue weighted by Crippen LogP contribution is -2.55. The fourth-order valence-electron chi connectivity index (χ4n) is 6.21. The molecule has 5 rings (SSSR count). The third-order valence-electron chi connectivity index (χ3n) is 8.98. The van der Waals surface area contributed by atoms with E-state index in [2.05, 4.69) is 17.2 Å². The summed E-state index contributed by atoms with van der Waals surface area (Å²) in [6.07, 6.45) is 1.19. The summed E-state index contributed by atoms with van der Waals surface area (Å²) in [6, 6.07) is 16.2. The van der Waals surface area contributed by atoms with Gasteiger partial charge < -0.3 is 30.0 Å². The van der Waals surface area contributed by atoms with Crippen LogP contribution in [-0.2, 0) is 14.3 Å². The first-order chi connectivity index (χ1) is 22.7. The zero-order chi connectivity index (χ0) is 34.8. The lowest BCUT2D eigenvalue weighted by molar-refractivity contribution is -0.144. The number of fused-ring (bicyclic) bond motifs is 1. The Hall–Kier alpha value is -4.64. The molecule has 11 nitrogen and oxygen atoms in total. The van der Waals surface area contributed by atoms with E-state index >= 15 is 0 Å². The van der Waals surface area contributed by atoms with Gasteiger partial charge in [-0.3, -0.25) is 9.69 Å². The van der Waals surface area contributed by atoms with Crippen molar-refractivity contribution in [2.75, 3.05) is 20.2 Å². The number of ether oxygens (including phenoxy) is 3. The van der Waals surface area contributed by atoms with E-state index in [4.69, 9.17) is 19.2 Å². The number of likely N-dealkylation sites (tertiary alicyclic amines) is 1. The molecule has 0 bridgehead atoms. The summed E-state index contributed by atoms with van der Waals surface area (Å²) >= 11 is 0. The molecule has 2 amide bonds. The summed E-state index contributed by atoms with van der Waals surface area (Å²) < 4.78 is 17.7. The lowest BCUT2D eigenvalue weighted by atomic mass is 10.0. The summed E-state index contributed by atoms with van der Waals surface area (Å²) in [7, 11) is 1.60. The van der Waals surface area contributed by atoms with Crippen LogP contribution in [0.1, 0.15) is 47.5 Å². The van der Waals surface area contributed by atoms with Crippen molar-refractivity contribution < 1.29 is 33.7 Å². The predicted octanol–water partition coefficient (Wildman–Crippen LogP) is 5.43. The van der Waals surface area contributed by atoms with Gasteiger partial charge in [-0.2, -0.15) is 0 Å². The number of aliphatic carboxylic acids is 1. The lowest BCUT2D eigenvalue weighted by Gasteiger charge is -2.32. The van der Waals surface area contributed by atoms with Gasteiger partial charge in [-0.25, -0.2) is 14.6 Å². The molecule has 2 fully saturated rings. The van der Waals surface area contributed by atoms with Crippen molar-refractivity contribution in [3.63, 3.8) is 0 Å². The number of rotatable bonds is 12. The third kappa shape index (κ3) is 7.73. The van der Waals surface area contributed by atoms with Gasteiger partial charge >= 0.3 is 12.1 Å². The van der Waals surface area contributed by atoms with E-state index in [-0.39, 0.29) is 24.3 Å². The second-order valence-electron chi connectivity index (χ2n) is 14.0. The van der Waals surface area contributed by atoms with Crippen LogP contribution in [0.2, 0.25) is 0 Å². The summed E-state index contributed by atoms with van der Waals surface area (Å²) in [5, 5.41) is 16.6. The monoisotopic (exact) mass is 658 g/mol. The highest BCUT2D eigenvalue weighted by Gasteiger charge is 2.61. The summed E-state index contributed by atoms with van der Waals surface area (Å²) in [5.74, 6) is -0.561. The molecule has 2 aliphatic rings. The van der Waals surface area contributed by atoms with Gasteiger partial charge in [0, 0.05) is 54.6 Å². The molecule has 2 unspecified atom stereocenters. The van der Waals surface area contributed by atoms with E-state index in [1.54, 1.807) is 34.0 Å². The Labute approximate surface area is 281 Å². The number of hydrogen-bond donors (Lipinski definition) is 3. The molecule has 1 aliphatic carbocycles. The molecule has 0 radical (unpaired) electrons. The number of carbonyl (C=O) groups excluding carboxylic acids is 2. The average molecular weight is 659 g/mol. The first-order valence-corrected chi connectivity index (χ1v) is 16.4. The van der Waals surface area contributed by atoms with Crippen molar-refractivity contribution in [1.29, 1.82) is 0 Å². The molecule has 256 valence electrons. The van der Waals surface area contributed by atoms with E-state index < -0.39 is 41.3 Å². The van der Waals surface area contributed by atoms with Crippen LogP contribution >= 0.6 is 0 Å². The van der Waals surface area contributed by atoms with Gasteiger partial charge in [-0.05, 0) is 45.2 Å². The number of alkyl carbamates (subject to hydrolysis) is 1. The van der Waals surface area contributed by atoms with Gasteiger partial charge in [-0.1, -0.05) is 50.3 Å². The Bertz CT molecular complexity index is 1670. The Balaban J connectivity index is 1.45. The highest BCUT2D eigenvalue weighted by atomic mass is 16.6. The van der Waals surface area contributed by atoms with Gasteiger partial charge in [0.25, 0.3) is 0 Å². The first-order valence-electron chi connectivity index (χ1n) is 16.4. The zero-order valence-electron chi connectivity index (χ0n) is 28.5. The van der Waals surface area contributed by atoms with E-state index in [1.165, 1.54) is 0 Å². The SMILES string of the molecule is C=CC1CC1(NC(=O)[C@@H]1C[C@@H](Oc2cc(-c3ccccc3)nc3cc(OC)ccc23)CN1C[C@@H](NC(=O)OC(C)(C)C)C(C)C)C(=O)O. The Morgan fingerprint density at radius 3 is 2.48 bits per heavy atom. The molecule has 1 aromatic heterocycles. The number of carbonyl (C=O) groups is 3. The number of pyridine rings is 1. The quantitative estimate of drug-likeness (QED) is 0.218. The fraction of sp³-hybridized carbons (Fsp3) is 0.459. The number of hydrogen-bond acceptors (Lipinski definition) is 8. The number of methoxy groups -OCH3 is 1. The molecule has 3 aromatic rings. The number of carboxylic acid groups (broad SMARTS) is 1. The maximum atomic E-state index is 13.9. The van der Waals surface area contributed by atoms with Crippen LogP contribution in [0.5, 0.6) is 11.5 Å². The number of carboxylic acids is 1. The molecule has 5 atom stereocenters. The number of nitrogens with one attached hydrogen (secondary N) is 2. The minimum atomic E-state index is -1.37. The van der Waals surface area contributed by atoms with Gasteiger partial charge in [0.1, 0.15) is 28.7 Å².